The van der Waals surface area contributed by atoms with E-state index < -0.39 is 11.4 Å². The van der Waals surface area contributed by atoms with Crippen molar-refractivity contribution in [3.05, 3.63) is 39.3 Å². The van der Waals surface area contributed by atoms with Gasteiger partial charge in [-0.25, -0.2) is 14.6 Å². The van der Waals surface area contributed by atoms with E-state index >= 15 is 0 Å². The molecule has 0 bridgehead atoms. The first-order valence-corrected chi connectivity index (χ1v) is 4.61. The predicted octanol–water partition coefficient (Wildman–Crippen LogP) is 0.931. The fourth-order valence-electron chi connectivity index (χ4n) is 1.47. The standard InChI is InChI=1S/C10H10N2O3/c1-6(2)12-8-7(4-3-5-11-8)9(13)15-10(12)14/h3-6H,1-2H3. The van der Waals surface area contributed by atoms with Gasteiger partial charge in [0.05, 0.1) is 0 Å². The van der Waals surface area contributed by atoms with Crippen LogP contribution >= 0.6 is 0 Å². The molecule has 0 spiro atoms. The minimum absolute atomic E-state index is 0.0979. The molecule has 2 rings (SSSR count). The number of pyridine rings is 1. The van der Waals surface area contributed by atoms with Crippen molar-refractivity contribution in [3.63, 3.8) is 0 Å². The third-order valence-electron chi connectivity index (χ3n) is 2.13. The molecule has 0 unspecified atom stereocenters. The summed E-state index contributed by atoms with van der Waals surface area (Å²) < 4.78 is 5.95. The first-order valence-electron chi connectivity index (χ1n) is 4.61. The van der Waals surface area contributed by atoms with Crippen LogP contribution in [-0.2, 0) is 0 Å². The molecule has 5 nitrogen and oxygen atoms in total. The van der Waals surface area contributed by atoms with Crippen LogP contribution < -0.4 is 11.4 Å². The van der Waals surface area contributed by atoms with Gasteiger partial charge in [-0.2, -0.15) is 0 Å². The Balaban J connectivity index is 3.03. The minimum Gasteiger partial charge on any atom is -0.372 e. The molecule has 0 aliphatic carbocycles. The smallest absolute Gasteiger partial charge is 0.372 e. The van der Waals surface area contributed by atoms with E-state index in [1.807, 2.05) is 13.8 Å². The average Bonchev–Trinajstić information content (AvgIpc) is 2.17. The Morgan fingerprint density at radius 3 is 2.80 bits per heavy atom. The maximum absolute atomic E-state index is 11.5. The molecule has 0 amide bonds. The van der Waals surface area contributed by atoms with Crippen LogP contribution in [0.1, 0.15) is 19.9 Å². The molecule has 0 radical (unpaired) electrons. The lowest BCUT2D eigenvalue weighted by molar-refractivity contribution is 0.397. The van der Waals surface area contributed by atoms with Gasteiger partial charge in [-0.1, -0.05) is 0 Å². The maximum atomic E-state index is 11.5. The Morgan fingerprint density at radius 2 is 2.13 bits per heavy atom. The van der Waals surface area contributed by atoms with Gasteiger partial charge in [-0.15, -0.1) is 0 Å². The molecule has 0 saturated heterocycles. The van der Waals surface area contributed by atoms with Gasteiger partial charge in [0.2, 0.25) is 0 Å². The van der Waals surface area contributed by atoms with Gasteiger partial charge in [-0.05, 0) is 26.0 Å². The van der Waals surface area contributed by atoms with Crippen LogP contribution in [0.3, 0.4) is 0 Å². The summed E-state index contributed by atoms with van der Waals surface area (Å²) in [5.41, 5.74) is -0.270. The van der Waals surface area contributed by atoms with Crippen LogP contribution in [0.25, 0.3) is 11.0 Å². The zero-order valence-corrected chi connectivity index (χ0v) is 8.43. The first kappa shape index (κ1) is 9.64. The van der Waals surface area contributed by atoms with Gasteiger partial charge in [0.1, 0.15) is 5.39 Å². The first-order chi connectivity index (χ1) is 7.11. The topological polar surface area (TPSA) is 65.1 Å². The molecule has 0 fully saturated rings. The summed E-state index contributed by atoms with van der Waals surface area (Å²) in [6, 6.07) is 3.13. The fraction of sp³-hybridized carbons (Fsp3) is 0.300. The lowest BCUT2D eigenvalue weighted by Crippen LogP contribution is -2.26. The van der Waals surface area contributed by atoms with E-state index in [1.165, 1.54) is 4.57 Å². The lowest BCUT2D eigenvalue weighted by atomic mass is 10.3. The van der Waals surface area contributed by atoms with Crippen molar-refractivity contribution in [2.24, 2.45) is 0 Å². The molecule has 0 N–H and O–H groups in total. The second kappa shape index (κ2) is 3.34. The van der Waals surface area contributed by atoms with Crippen LogP contribution in [0.5, 0.6) is 0 Å². The molecule has 5 heteroatoms. The Kier molecular flexibility index (Phi) is 2.15. The summed E-state index contributed by atoms with van der Waals surface area (Å²) in [4.78, 5) is 26.8. The van der Waals surface area contributed by atoms with E-state index in [-0.39, 0.29) is 6.04 Å². The highest BCUT2D eigenvalue weighted by atomic mass is 16.4. The van der Waals surface area contributed by atoms with Crippen molar-refractivity contribution >= 4 is 11.0 Å². The van der Waals surface area contributed by atoms with Crippen LogP contribution in [-0.4, -0.2) is 9.55 Å². The number of fused-ring (bicyclic) bond motifs is 1. The Labute approximate surface area is 85.0 Å². The monoisotopic (exact) mass is 206 g/mol. The van der Waals surface area contributed by atoms with E-state index in [0.29, 0.717) is 11.0 Å². The number of rotatable bonds is 1. The van der Waals surface area contributed by atoms with Crippen molar-refractivity contribution in [1.29, 1.82) is 0 Å². The summed E-state index contributed by atoms with van der Waals surface area (Å²) in [5, 5.41) is 0.325. The molecule has 0 aliphatic rings. The van der Waals surface area contributed by atoms with Crippen LogP contribution in [0, 0.1) is 0 Å². The molecular weight excluding hydrogens is 196 g/mol. The largest absolute Gasteiger partial charge is 0.423 e. The van der Waals surface area contributed by atoms with E-state index in [4.69, 9.17) is 0 Å². The zero-order valence-electron chi connectivity index (χ0n) is 8.43. The second-order valence-electron chi connectivity index (χ2n) is 3.49. The highest BCUT2D eigenvalue weighted by Crippen LogP contribution is 2.08. The van der Waals surface area contributed by atoms with E-state index in [9.17, 15) is 9.59 Å². The molecule has 2 aromatic rings. The fourth-order valence-corrected chi connectivity index (χ4v) is 1.47. The number of hydrogen-bond donors (Lipinski definition) is 0. The minimum atomic E-state index is -0.666. The SMILES string of the molecule is CC(C)n1c(=O)oc(=O)c2cccnc21. The molecule has 0 aromatic carbocycles. The summed E-state index contributed by atoms with van der Waals surface area (Å²) >= 11 is 0. The van der Waals surface area contributed by atoms with Crippen molar-refractivity contribution in [3.8, 4) is 0 Å². The van der Waals surface area contributed by atoms with Crippen molar-refractivity contribution in [1.82, 2.24) is 9.55 Å². The molecule has 0 atom stereocenters. The molecule has 78 valence electrons. The number of hydrogen-bond acceptors (Lipinski definition) is 4. The molecule has 0 aliphatic heterocycles. The summed E-state index contributed by atoms with van der Waals surface area (Å²) in [5.74, 6) is -0.666. The summed E-state index contributed by atoms with van der Waals surface area (Å²) in [7, 11) is 0. The van der Waals surface area contributed by atoms with Gasteiger partial charge in [0.15, 0.2) is 5.65 Å². The van der Waals surface area contributed by atoms with E-state index in [2.05, 4.69) is 9.40 Å². The third-order valence-corrected chi connectivity index (χ3v) is 2.13. The third kappa shape index (κ3) is 1.45. The molecule has 0 saturated carbocycles. The van der Waals surface area contributed by atoms with E-state index in [1.54, 1.807) is 18.3 Å². The average molecular weight is 206 g/mol. The predicted molar refractivity (Wildman–Crippen MR) is 54.9 cm³/mol. The molecule has 2 heterocycles. The summed E-state index contributed by atoms with van der Waals surface area (Å²) in [6.45, 7) is 3.66. The van der Waals surface area contributed by atoms with Crippen molar-refractivity contribution in [2.75, 3.05) is 0 Å². The van der Waals surface area contributed by atoms with Gasteiger partial charge in [0, 0.05) is 12.2 Å². The van der Waals surface area contributed by atoms with E-state index in [0.717, 1.165) is 0 Å². The maximum Gasteiger partial charge on any atom is 0.423 e. The van der Waals surface area contributed by atoms with Crippen LogP contribution in [0.2, 0.25) is 0 Å². The Hall–Kier alpha value is -1.91. The van der Waals surface area contributed by atoms with Crippen molar-refractivity contribution in [2.45, 2.75) is 19.9 Å². The second-order valence-corrected chi connectivity index (χ2v) is 3.49. The van der Waals surface area contributed by atoms with Crippen molar-refractivity contribution < 1.29 is 4.42 Å². The van der Waals surface area contributed by atoms with Gasteiger partial charge >= 0.3 is 11.4 Å². The zero-order chi connectivity index (χ0) is 11.0. The van der Waals surface area contributed by atoms with Crippen LogP contribution in [0.15, 0.2) is 32.3 Å². The highest BCUT2D eigenvalue weighted by molar-refractivity contribution is 5.72. The molecule has 15 heavy (non-hydrogen) atoms. The molecular formula is C10H10N2O3. The Bertz CT molecular complexity index is 610. The normalized spacial score (nSPS) is 11.1. The number of aromatic nitrogens is 2. The summed E-state index contributed by atoms with van der Waals surface area (Å²) in [6.07, 6.45) is 1.54. The highest BCUT2D eigenvalue weighted by Gasteiger charge is 2.11. The Morgan fingerprint density at radius 1 is 1.40 bits per heavy atom. The molecule has 2 aromatic heterocycles. The van der Waals surface area contributed by atoms with Gasteiger partial charge in [-0.3, -0.25) is 4.57 Å². The quantitative estimate of drug-likeness (QED) is 0.696. The van der Waals surface area contributed by atoms with Gasteiger partial charge < -0.3 is 4.42 Å². The lowest BCUT2D eigenvalue weighted by Gasteiger charge is -2.09. The number of nitrogens with zero attached hydrogens (tertiary/aromatic N) is 2. The van der Waals surface area contributed by atoms with Crippen LogP contribution in [0.4, 0.5) is 0 Å². The van der Waals surface area contributed by atoms with Gasteiger partial charge in [0.25, 0.3) is 0 Å².